The standard InChI is InChI=1S/C16H25N3/c1-11(2)9-19-15(17)18-10-16(19,5)14-7-12(3)6-13(4)8-14/h6-8,11H,9-10H2,1-5H3,(H2,17,18). The van der Waals surface area contributed by atoms with Crippen molar-refractivity contribution in [2.75, 3.05) is 13.1 Å². The average Bonchev–Trinajstić information content (AvgIpc) is 2.57. The van der Waals surface area contributed by atoms with E-state index in [-0.39, 0.29) is 5.54 Å². The summed E-state index contributed by atoms with van der Waals surface area (Å²) in [6.07, 6.45) is 0. The van der Waals surface area contributed by atoms with Gasteiger partial charge in [-0.25, -0.2) is 0 Å². The van der Waals surface area contributed by atoms with Crippen LogP contribution in [0, 0.1) is 19.8 Å². The molecule has 0 fully saturated rings. The van der Waals surface area contributed by atoms with Gasteiger partial charge in [0.05, 0.1) is 12.1 Å². The van der Waals surface area contributed by atoms with Crippen molar-refractivity contribution in [3.8, 4) is 0 Å². The predicted octanol–water partition coefficient (Wildman–Crippen LogP) is 2.80. The second-order valence-corrected chi connectivity index (χ2v) is 6.33. The Morgan fingerprint density at radius 3 is 2.37 bits per heavy atom. The van der Waals surface area contributed by atoms with Crippen molar-refractivity contribution in [3.05, 3.63) is 34.9 Å². The maximum absolute atomic E-state index is 6.09. The molecule has 104 valence electrons. The molecule has 1 atom stereocenters. The molecule has 1 aliphatic heterocycles. The third-order valence-electron chi connectivity index (χ3n) is 3.81. The first-order valence-corrected chi connectivity index (χ1v) is 6.99. The Kier molecular flexibility index (Phi) is 3.57. The van der Waals surface area contributed by atoms with Gasteiger partial charge >= 0.3 is 0 Å². The zero-order valence-corrected chi connectivity index (χ0v) is 12.7. The van der Waals surface area contributed by atoms with Crippen molar-refractivity contribution in [2.45, 2.75) is 40.2 Å². The summed E-state index contributed by atoms with van der Waals surface area (Å²) in [6, 6.07) is 6.72. The van der Waals surface area contributed by atoms with Crippen LogP contribution in [-0.4, -0.2) is 23.9 Å². The Hall–Kier alpha value is -1.51. The smallest absolute Gasteiger partial charge is 0.192 e. The van der Waals surface area contributed by atoms with E-state index in [4.69, 9.17) is 5.73 Å². The summed E-state index contributed by atoms with van der Waals surface area (Å²) in [5.74, 6) is 1.24. The second kappa shape index (κ2) is 4.87. The molecular weight excluding hydrogens is 234 g/mol. The molecule has 1 unspecified atom stereocenters. The van der Waals surface area contributed by atoms with Gasteiger partial charge < -0.3 is 10.6 Å². The number of nitrogens with zero attached hydrogens (tertiary/aromatic N) is 2. The molecule has 1 aliphatic rings. The lowest BCUT2D eigenvalue weighted by atomic mass is 9.88. The van der Waals surface area contributed by atoms with Crippen LogP contribution in [0.4, 0.5) is 0 Å². The van der Waals surface area contributed by atoms with E-state index in [1.807, 2.05) is 0 Å². The van der Waals surface area contributed by atoms with Crippen molar-refractivity contribution in [2.24, 2.45) is 16.6 Å². The number of aryl methyl sites for hydroxylation is 2. The minimum Gasteiger partial charge on any atom is -0.370 e. The highest BCUT2D eigenvalue weighted by Crippen LogP contribution is 2.34. The van der Waals surface area contributed by atoms with Gasteiger partial charge in [0.15, 0.2) is 5.96 Å². The number of guanidine groups is 1. The van der Waals surface area contributed by atoms with E-state index in [0.717, 1.165) is 13.1 Å². The Balaban J connectivity index is 2.40. The number of rotatable bonds is 3. The van der Waals surface area contributed by atoms with Gasteiger partial charge in [0.2, 0.25) is 0 Å². The van der Waals surface area contributed by atoms with Crippen molar-refractivity contribution >= 4 is 5.96 Å². The van der Waals surface area contributed by atoms with Crippen molar-refractivity contribution in [3.63, 3.8) is 0 Å². The van der Waals surface area contributed by atoms with Crippen LogP contribution in [0.3, 0.4) is 0 Å². The lowest BCUT2D eigenvalue weighted by Gasteiger charge is -2.38. The first kappa shape index (κ1) is 13.9. The van der Waals surface area contributed by atoms with Crippen molar-refractivity contribution < 1.29 is 0 Å². The van der Waals surface area contributed by atoms with E-state index in [0.29, 0.717) is 11.9 Å². The molecule has 19 heavy (non-hydrogen) atoms. The summed E-state index contributed by atoms with van der Waals surface area (Å²) in [5.41, 5.74) is 9.90. The van der Waals surface area contributed by atoms with Gasteiger partial charge in [0.1, 0.15) is 0 Å². The summed E-state index contributed by atoms with van der Waals surface area (Å²) in [5, 5.41) is 0. The molecule has 1 aromatic carbocycles. The topological polar surface area (TPSA) is 41.6 Å². The molecule has 0 spiro atoms. The Morgan fingerprint density at radius 2 is 1.84 bits per heavy atom. The van der Waals surface area contributed by atoms with E-state index in [9.17, 15) is 0 Å². The zero-order valence-electron chi connectivity index (χ0n) is 12.7. The maximum Gasteiger partial charge on any atom is 0.192 e. The monoisotopic (exact) mass is 259 g/mol. The molecule has 0 saturated carbocycles. The predicted molar refractivity (Wildman–Crippen MR) is 81.3 cm³/mol. The molecular formula is C16H25N3. The highest BCUT2D eigenvalue weighted by molar-refractivity contribution is 5.81. The largest absolute Gasteiger partial charge is 0.370 e. The highest BCUT2D eigenvalue weighted by atomic mass is 15.4. The molecule has 2 rings (SSSR count). The van der Waals surface area contributed by atoms with E-state index >= 15 is 0 Å². The fourth-order valence-electron chi connectivity index (χ4n) is 2.85. The van der Waals surface area contributed by atoms with Gasteiger partial charge in [0.25, 0.3) is 0 Å². The van der Waals surface area contributed by atoms with Gasteiger partial charge in [-0.15, -0.1) is 0 Å². The minimum absolute atomic E-state index is 0.106. The molecule has 0 bridgehead atoms. The molecule has 1 heterocycles. The van der Waals surface area contributed by atoms with Gasteiger partial charge in [-0.3, -0.25) is 4.99 Å². The lowest BCUT2D eigenvalue weighted by molar-refractivity contribution is 0.204. The first-order chi connectivity index (χ1) is 8.83. The van der Waals surface area contributed by atoms with Gasteiger partial charge in [-0.2, -0.15) is 0 Å². The highest BCUT2D eigenvalue weighted by Gasteiger charge is 2.39. The van der Waals surface area contributed by atoms with E-state index in [1.165, 1.54) is 16.7 Å². The summed E-state index contributed by atoms with van der Waals surface area (Å²) in [4.78, 5) is 6.74. The zero-order chi connectivity index (χ0) is 14.2. The Morgan fingerprint density at radius 1 is 1.26 bits per heavy atom. The SMILES string of the molecule is Cc1cc(C)cc(C2(C)CN=C(N)N2CC(C)C)c1. The number of hydrogen-bond acceptors (Lipinski definition) is 3. The van der Waals surface area contributed by atoms with E-state index in [1.54, 1.807) is 0 Å². The van der Waals surface area contributed by atoms with Gasteiger partial charge in [-0.05, 0) is 32.3 Å². The van der Waals surface area contributed by atoms with Crippen LogP contribution in [0.15, 0.2) is 23.2 Å². The number of benzene rings is 1. The van der Waals surface area contributed by atoms with Crippen LogP contribution in [0.1, 0.15) is 37.5 Å². The van der Waals surface area contributed by atoms with Crippen LogP contribution >= 0.6 is 0 Å². The Labute approximate surface area is 116 Å². The molecule has 1 aromatic rings. The quantitative estimate of drug-likeness (QED) is 0.907. The molecule has 3 heteroatoms. The van der Waals surface area contributed by atoms with Crippen LogP contribution in [0.25, 0.3) is 0 Å². The van der Waals surface area contributed by atoms with Gasteiger partial charge in [-0.1, -0.05) is 43.2 Å². The molecule has 0 amide bonds. The third kappa shape index (κ3) is 2.60. The minimum atomic E-state index is -0.106. The van der Waals surface area contributed by atoms with E-state index in [2.05, 4.69) is 62.7 Å². The molecule has 0 radical (unpaired) electrons. The number of nitrogens with two attached hydrogens (primary N) is 1. The molecule has 0 aromatic heterocycles. The molecule has 2 N–H and O–H groups in total. The normalized spacial score (nSPS) is 23.1. The third-order valence-corrected chi connectivity index (χ3v) is 3.81. The van der Waals surface area contributed by atoms with Crippen molar-refractivity contribution in [1.82, 2.24) is 4.90 Å². The summed E-state index contributed by atoms with van der Waals surface area (Å²) >= 11 is 0. The fraction of sp³-hybridized carbons (Fsp3) is 0.562. The Bertz CT molecular complexity index is 484. The second-order valence-electron chi connectivity index (χ2n) is 6.33. The lowest BCUT2D eigenvalue weighted by Crippen LogP contribution is -2.49. The summed E-state index contributed by atoms with van der Waals surface area (Å²) in [6.45, 7) is 12.7. The van der Waals surface area contributed by atoms with Crippen LogP contribution in [-0.2, 0) is 5.54 Å². The molecule has 0 aliphatic carbocycles. The molecule has 3 nitrogen and oxygen atoms in total. The van der Waals surface area contributed by atoms with E-state index < -0.39 is 0 Å². The number of hydrogen-bond donors (Lipinski definition) is 1. The first-order valence-electron chi connectivity index (χ1n) is 6.99. The molecule has 0 saturated heterocycles. The number of aliphatic imine (C=N–C) groups is 1. The van der Waals surface area contributed by atoms with Crippen molar-refractivity contribution in [1.29, 1.82) is 0 Å². The van der Waals surface area contributed by atoms with Crippen LogP contribution in [0.2, 0.25) is 0 Å². The maximum atomic E-state index is 6.09. The average molecular weight is 259 g/mol. The fourth-order valence-corrected chi connectivity index (χ4v) is 2.85. The summed E-state index contributed by atoms with van der Waals surface area (Å²) < 4.78 is 0. The van der Waals surface area contributed by atoms with Gasteiger partial charge in [0, 0.05) is 6.54 Å². The summed E-state index contributed by atoms with van der Waals surface area (Å²) in [7, 11) is 0. The van der Waals surface area contributed by atoms with Crippen LogP contribution in [0.5, 0.6) is 0 Å². The van der Waals surface area contributed by atoms with Crippen LogP contribution < -0.4 is 5.73 Å².